The lowest BCUT2D eigenvalue weighted by Crippen LogP contribution is -2.52. The number of sulfonamides is 1. The maximum atomic E-state index is 13.0. The third kappa shape index (κ3) is 4.35. The number of hydrogen-bond donors (Lipinski definition) is 0. The van der Waals surface area contributed by atoms with Crippen LogP contribution in [0.15, 0.2) is 17.2 Å². The van der Waals surface area contributed by atoms with E-state index in [1.807, 2.05) is 4.90 Å². The van der Waals surface area contributed by atoms with E-state index in [1.165, 1.54) is 16.6 Å². The minimum Gasteiger partial charge on any atom is -0.345 e. The van der Waals surface area contributed by atoms with Crippen LogP contribution in [-0.4, -0.2) is 78.2 Å². The van der Waals surface area contributed by atoms with Gasteiger partial charge in [-0.25, -0.2) is 8.42 Å². The quantitative estimate of drug-likeness (QED) is 0.693. The van der Waals surface area contributed by atoms with Crippen molar-refractivity contribution in [2.24, 2.45) is 13.0 Å². The summed E-state index contributed by atoms with van der Waals surface area (Å²) < 4.78 is 28.4. The SMILES string of the molecule is CCN(CC)S(=O)(=O)c1cc(C(=O)N2CCN(C(=O)C3CCCC3)CC2)n(C)c1. The van der Waals surface area contributed by atoms with Crippen molar-refractivity contribution in [1.29, 1.82) is 0 Å². The molecule has 0 aromatic carbocycles. The molecule has 1 aromatic rings. The summed E-state index contributed by atoms with van der Waals surface area (Å²) in [5.74, 6) is 0.181. The van der Waals surface area contributed by atoms with E-state index in [0.717, 1.165) is 25.7 Å². The Bertz CT molecular complexity index is 846. The summed E-state index contributed by atoms with van der Waals surface area (Å²) in [6, 6.07) is 1.46. The minimum absolute atomic E-state index is 0.141. The van der Waals surface area contributed by atoms with Crippen LogP contribution < -0.4 is 0 Å². The largest absolute Gasteiger partial charge is 0.345 e. The summed E-state index contributed by atoms with van der Waals surface area (Å²) in [7, 11) is -1.92. The lowest BCUT2D eigenvalue weighted by Gasteiger charge is -2.36. The standard InChI is InChI=1S/C20H32N4O4S/c1-4-24(5-2)29(27,28)17-14-18(21(3)15-17)20(26)23-12-10-22(11-13-23)19(25)16-8-6-7-9-16/h14-16H,4-13H2,1-3H3. The van der Waals surface area contributed by atoms with Gasteiger partial charge in [0.25, 0.3) is 5.91 Å². The summed E-state index contributed by atoms with van der Waals surface area (Å²) >= 11 is 0. The molecule has 0 atom stereocenters. The molecule has 1 aliphatic heterocycles. The normalized spacial score (nSPS) is 18.6. The second-order valence-electron chi connectivity index (χ2n) is 7.86. The van der Waals surface area contributed by atoms with Crippen molar-refractivity contribution in [2.75, 3.05) is 39.3 Å². The van der Waals surface area contributed by atoms with Crippen molar-refractivity contribution >= 4 is 21.8 Å². The summed E-state index contributed by atoms with van der Waals surface area (Å²) in [6.07, 6.45) is 5.71. The van der Waals surface area contributed by atoms with Crippen LogP contribution in [0.1, 0.15) is 50.0 Å². The Balaban J connectivity index is 1.67. The molecule has 2 fully saturated rings. The van der Waals surface area contributed by atoms with E-state index in [9.17, 15) is 18.0 Å². The molecular formula is C20H32N4O4S. The lowest BCUT2D eigenvalue weighted by molar-refractivity contribution is -0.136. The molecule has 1 saturated heterocycles. The molecule has 9 heteroatoms. The molecule has 8 nitrogen and oxygen atoms in total. The second kappa shape index (κ2) is 8.87. The molecule has 0 N–H and O–H groups in total. The van der Waals surface area contributed by atoms with Crippen LogP contribution in [0, 0.1) is 5.92 Å². The van der Waals surface area contributed by atoms with Gasteiger partial charge in [-0.05, 0) is 18.9 Å². The first-order valence-corrected chi connectivity index (χ1v) is 12.0. The smallest absolute Gasteiger partial charge is 0.270 e. The number of nitrogens with zero attached hydrogens (tertiary/aromatic N) is 4. The number of carbonyl (C=O) groups is 2. The zero-order valence-electron chi connectivity index (χ0n) is 17.6. The molecule has 0 spiro atoms. The van der Waals surface area contributed by atoms with Crippen LogP contribution in [0.3, 0.4) is 0 Å². The van der Waals surface area contributed by atoms with Gasteiger partial charge in [-0.2, -0.15) is 4.31 Å². The van der Waals surface area contributed by atoms with Gasteiger partial charge < -0.3 is 14.4 Å². The summed E-state index contributed by atoms with van der Waals surface area (Å²) in [4.78, 5) is 29.3. The Morgan fingerprint density at radius 3 is 2.14 bits per heavy atom. The Morgan fingerprint density at radius 2 is 1.59 bits per heavy atom. The first-order chi connectivity index (χ1) is 13.8. The molecule has 1 saturated carbocycles. The number of rotatable bonds is 6. The molecule has 29 heavy (non-hydrogen) atoms. The van der Waals surface area contributed by atoms with Crippen LogP contribution in [0.5, 0.6) is 0 Å². The van der Waals surface area contributed by atoms with E-state index < -0.39 is 10.0 Å². The first kappa shape index (κ1) is 21.8. The highest BCUT2D eigenvalue weighted by molar-refractivity contribution is 7.89. The van der Waals surface area contributed by atoms with Gasteiger partial charge in [0.05, 0.1) is 0 Å². The van der Waals surface area contributed by atoms with E-state index in [2.05, 4.69) is 0 Å². The molecule has 1 aromatic heterocycles. The number of amides is 2. The van der Waals surface area contributed by atoms with E-state index in [4.69, 9.17) is 0 Å². The third-order valence-corrected chi connectivity index (χ3v) is 8.14. The van der Waals surface area contributed by atoms with E-state index in [0.29, 0.717) is 45.0 Å². The van der Waals surface area contributed by atoms with Gasteiger partial charge in [0.1, 0.15) is 10.6 Å². The molecule has 0 radical (unpaired) electrons. The molecule has 2 aliphatic rings. The van der Waals surface area contributed by atoms with Crippen LogP contribution in [0.25, 0.3) is 0 Å². The third-order valence-electron chi connectivity index (χ3n) is 6.13. The van der Waals surface area contributed by atoms with Crippen LogP contribution in [-0.2, 0) is 21.9 Å². The van der Waals surface area contributed by atoms with Crippen molar-refractivity contribution in [3.63, 3.8) is 0 Å². The molecular weight excluding hydrogens is 392 g/mol. The predicted molar refractivity (Wildman–Crippen MR) is 110 cm³/mol. The fourth-order valence-corrected chi connectivity index (χ4v) is 5.85. The summed E-state index contributed by atoms with van der Waals surface area (Å²) in [5.41, 5.74) is 0.353. The first-order valence-electron chi connectivity index (χ1n) is 10.5. The fraction of sp³-hybridized carbons (Fsp3) is 0.700. The topological polar surface area (TPSA) is 82.9 Å². The molecule has 1 aliphatic carbocycles. The minimum atomic E-state index is -3.61. The van der Waals surface area contributed by atoms with Crippen LogP contribution in [0.4, 0.5) is 0 Å². The van der Waals surface area contributed by atoms with E-state index >= 15 is 0 Å². The number of hydrogen-bond acceptors (Lipinski definition) is 4. The fourth-order valence-electron chi connectivity index (χ4n) is 4.32. The number of piperazine rings is 1. The van der Waals surface area contributed by atoms with Gasteiger partial charge in [0, 0.05) is 58.4 Å². The summed E-state index contributed by atoms with van der Waals surface area (Å²) in [5, 5.41) is 0. The highest BCUT2D eigenvalue weighted by Gasteiger charge is 2.32. The van der Waals surface area contributed by atoms with Gasteiger partial charge in [-0.3, -0.25) is 9.59 Å². The predicted octanol–water partition coefficient (Wildman–Crippen LogP) is 1.53. The maximum Gasteiger partial charge on any atom is 0.270 e. The number of aryl methyl sites for hydroxylation is 1. The average Bonchev–Trinajstić information content (AvgIpc) is 3.38. The van der Waals surface area contributed by atoms with Gasteiger partial charge >= 0.3 is 0 Å². The Hall–Kier alpha value is -1.87. The summed E-state index contributed by atoms with van der Waals surface area (Å²) in [6.45, 7) is 6.38. The van der Waals surface area contributed by atoms with Gasteiger partial charge in [0.15, 0.2) is 0 Å². The molecule has 0 bridgehead atoms. The molecule has 2 amide bonds. The maximum absolute atomic E-state index is 13.0. The highest BCUT2D eigenvalue weighted by atomic mass is 32.2. The molecule has 3 rings (SSSR count). The Morgan fingerprint density at radius 1 is 1.03 bits per heavy atom. The monoisotopic (exact) mass is 424 g/mol. The second-order valence-corrected chi connectivity index (χ2v) is 9.80. The molecule has 0 unspecified atom stereocenters. The number of aromatic nitrogens is 1. The Labute approximate surface area is 173 Å². The van der Waals surface area contributed by atoms with Crippen molar-refractivity contribution in [3.8, 4) is 0 Å². The average molecular weight is 425 g/mol. The van der Waals surface area contributed by atoms with Crippen molar-refractivity contribution in [3.05, 3.63) is 18.0 Å². The lowest BCUT2D eigenvalue weighted by atomic mass is 10.1. The van der Waals surface area contributed by atoms with Gasteiger partial charge in [-0.15, -0.1) is 0 Å². The zero-order chi connectivity index (χ0) is 21.2. The van der Waals surface area contributed by atoms with Crippen LogP contribution >= 0.6 is 0 Å². The van der Waals surface area contributed by atoms with Crippen LogP contribution in [0.2, 0.25) is 0 Å². The Kier molecular flexibility index (Phi) is 6.68. The molecule has 2 heterocycles. The highest BCUT2D eigenvalue weighted by Crippen LogP contribution is 2.27. The number of carbonyl (C=O) groups excluding carboxylic acids is 2. The van der Waals surface area contributed by atoms with Crippen molar-refractivity contribution < 1.29 is 18.0 Å². The van der Waals surface area contributed by atoms with Gasteiger partial charge in [0.2, 0.25) is 15.9 Å². The van der Waals surface area contributed by atoms with E-state index in [1.54, 1.807) is 30.4 Å². The van der Waals surface area contributed by atoms with E-state index in [-0.39, 0.29) is 22.6 Å². The van der Waals surface area contributed by atoms with Crippen molar-refractivity contribution in [2.45, 2.75) is 44.4 Å². The van der Waals surface area contributed by atoms with Crippen molar-refractivity contribution in [1.82, 2.24) is 18.7 Å². The van der Waals surface area contributed by atoms with Gasteiger partial charge in [-0.1, -0.05) is 26.7 Å². The zero-order valence-corrected chi connectivity index (χ0v) is 18.4. The molecule has 162 valence electrons.